The highest BCUT2D eigenvalue weighted by molar-refractivity contribution is 4.95. The third-order valence-corrected chi connectivity index (χ3v) is 5.73. The molecule has 110 valence electrons. The molecule has 2 aliphatic heterocycles. The maximum atomic E-state index is 6.17. The summed E-state index contributed by atoms with van der Waals surface area (Å²) in [6.07, 6.45) is 10.5. The SMILES string of the molecule is CC(N)C1CCCN(C2CCOC3(CCCC3)C2)C1. The molecule has 0 bridgehead atoms. The highest BCUT2D eigenvalue weighted by Gasteiger charge is 2.42. The molecule has 3 unspecified atom stereocenters. The number of ether oxygens (including phenoxy) is 1. The minimum Gasteiger partial charge on any atom is -0.375 e. The van der Waals surface area contributed by atoms with Gasteiger partial charge in [-0.2, -0.15) is 0 Å². The van der Waals surface area contributed by atoms with Crippen molar-refractivity contribution in [3.8, 4) is 0 Å². The second-order valence-corrected chi connectivity index (χ2v) is 7.14. The van der Waals surface area contributed by atoms with Gasteiger partial charge in [0.25, 0.3) is 0 Å². The second kappa shape index (κ2) is 5.71. The summed E-state index contributed by atoms with van der Waals surface area (Å²) in [5.41, 5.74) is 6.38. The summed E-state index contributed by atoms with van der Waals surface area (Å²) in [5.74, 6) is 0.705. The molecule has 3 aliphatic rings. The fourth-order valence-electron chi connectivity index (χ4n) is 4.48. The lowest BCUT2D eigenvalue weighted by atomic mass is 9.85. The zero-order valence-corrected chi connectivity index (χ0v) is 12.4. The normalized spacial score (nSPS) is 37.6. The van der Waals surface area contributed by atoms with Crippen molar-refractivity contribution in [1.29, 1.82) is 0 Å². The molecule has 3 fully saturated rings. The molecule has 0 aromatic rings. The van der Waals surface area contributed by atoms with Gasteiger partial charge >= 0.3 is 0 Å². The third kappa shape index (κ3) is 2.98. The molecular weight excluding hydrogens is 236 g/mol. The van der Waals surface area contributed by atoms with Crippen molar-refractivity contribution >= 4 is 0 Å². The van der Waals surface area contributed by atoms with E-state index < -0.39 is 0 Å². The van der Waals surface area contributed by atoms with Gasteiger partial charge in [0.15, 0.2) is 0 Å². The number of rotatable bonds is 2. The molecular formula is C16H30N2O. The van der Waals surface area contributed by atoms with E-state index in [9.17, 15) is 0 Å². The Labute approximate surface area is 117 Å². The Morgan fingerprint density at radius 1 is 1.21 bits per heavy atom. The monoisotopic (exact) mass is 266 g/mol. The molecule has 0 amide bonds. The molecule has 1 saturated carbocycles. The van der Waals surface area contributed by atoms with Gasteiger partial charge in [-0.3, -0.25) is 4.90 Å². The van der Waals surface area contributed by atoms with E-state index in [2.05, 4.69) is 11.8 Å². The summed E-state index contributed by atoms with van der Waals surface area (Å²) >= 11 is 0. The Kier molecular flexibility index (Phi) is 4.16. The van der Waals surface area contributed by atoms with Gasteiger partial charge in [0.05, 0.1) is 5.60 Å². The third-order valence-electron chi connectivity index (χ3n) is 5.73. The summed E-state index contributed by atoms with van der Waals surface area (Å²) < 4.78 is 6.17. The van der Waals surface area contributed by atoms with E-state index >= 15 is 0 Å². The number of nitrogens with zero attached hydrogens (tertiary/aromatic N) is 1. The zero-order chi connectivity index (χ0) is 13.3. The Hall–Kier alpha value is -0.120. The van der Waals surface area contributed by atoms with Crippen LogP contribution in [0.25, 0.3) is 0 Å². The van der Waals surface area contributed by atoms with Crippen LogP contribution < -0.4 is 5.73 Å². The molecule has 3 nitrogen and oxygen atoms in total. The minimum absolute atomic E-state index is 0.254. The van der Waals surface area contributed by atoms with Crippen LogP contribution in [0.5, 0.6) is 0 Å². The van der Waals surface area contributed by atoms with Gasteiger partial charge in [-0.1, -0.05) is 12.8 Å². The summed E-state index contributed by atoms with van der Waals surface area (Å²) in [5, 5.41) is 0. The molecule has 0 aromatic heterocycles. The molecule has 3 heteroatoms. The minimum atomic E-state index is 0.254. The Morgan fingerprint density at radius 2 is 2.00 bits per heavy atom. The van der Waals surface area contributed by atoms with Crippen LogP contribution in [0.15, 0.2) is 0 Å². The Morgan fingerprint density at radius 3 is 2.74 bits per heavy atom. The van der Waals surface area contributed by atoms with Gasteiger partial charge in [0.2, 0.25) is 0 Å². The summed E-state index contributed by atoms with van der Waals surface area (Å²) in [4.78, 5) is 2.74. The molecule has 0 radical (unpaired) electrons. The summed E-state index contributed by atoms with van der Waals surface area (Å²) in [6, 6.07) is 1.11. The second-order valence-electron chi connectivity index (χ2n) is 7.14. The highest BCUT2D eigenvalue weighted by Crippen LogP contribution is 2.41. The Balaban J connectivity index is 1.61. The van der Waals surface area contributed by atoms with Crippen LogP contribution in [0.2, 0.25) is 0 Å². The van der Waals surface area contributed by atoms with E-state index in [-0.39, 0.29) is 5.60 Å². The maximum Gasteiger partial charge on any atom is 0.0697 e. The Bertz CT molecular complexity index is 299. The van der Waals surface area contributed by atoms with E-state index in [4.69, 9.17) is 10.5 Å². The maximum absolute atomic E-state index is 6.17. The van der Waals surface area contributed by atoms with Crippen LogP contribution in [0, 0.1) is 5.92 Å². The number of nitrogens with two attached hydrogens (primary N) is 1. The van der Waals surface area contributed by atoms with Crippen LogP contribution >= 0.6 is 0 Å². The standard InChI is InChI=1S/C16H30N2O/c1-13(17)14-5-4-9-18(12-14)15-6-10-19-16(11-15)7-2-3-8-16/h13-15H,2-12,17H2,1H3. The van der Waals surface area contributed by atoms with Crippen molar-refractivity contribution < 1.29 is 4.74 Å². The van der Waals surface area contributed by atoms with Crippen molar-refractivity contribution in [2.24, 2.45) is 11.7 Å². The largest absolute Gasteiger partial charge is 0.375 e. The molecule has 2 heterocycles. The number of hydrogen-bond donors (Lipinski definition) is 1. The average molecular weight is 266 g/mol. The zero-order valence-electron chi connectivity index (χ0n) is 12.4. The van der Waals surface area contributed by atoms with Gasteiger partial charge in [0.1, 0.15) is 0 Å². The smallest absolute Gasteiger partial charge is 0.0697 e. The highest BCUT2D eigenvalue weighted by atomic mass is 16.5. The fourth-order valence-corrected chi connectivity index (χ4v) is 4.48. The van der Waals surface area contributed by atoms with Crippen LogP contribution in [0.1, 0.15) is 58.3 Å². The number of hydrogen-bond acceptors (Lipinski definition) is 3. The molecule has 3 atom stereocenters. The van der Waals surface area contributed by atoms with Gasteiger partial charge in [-0.15, -0.1) is 0 Å². The average Bonchev–Trinajstić information content (AvgIpc) is 2.87. The van der Waals surface area contributed by atoms with E-state index in [1.54, 1.807) is 0 Å². The quantitative estimate of drug-likeness (QED) is 0.835. The van der Waals surface area contributed by atoms with Gasteiger partial charge in [-0.25, -0.2) is 0 Å². The van der Waals surface area contributed by atoms with Crippen molar-refractivity contribution in [1.82, 2.24) is 4.90 Å². The molecule has 2 N–H and O–H groups in total. The van der Waals surface area contributed by atoms with Crippen molar-refractivity contribution in [3.63, 3.8) is 0 Å². The first-order chi connectivity index (χ1) is 9.19. The lowest BCUT2D eigenvalue weighted by Gasteiger charge is -2.46. The number of piperidine rings is 1. The van der Waals surface area contributed by atoms with E-state index in [0.717, 1.165) is 12.6 Å². The first kappa shape index (κ1) is 13.8. The van der Waals surface area contributed by atoms with E-state index in [1.807, 2.05) is 0 Å². The van der Waals surface area contributed by atoms with Gasteiger partial charge < -0.3 is 10.5 Å². The lowest BCUT2D eigenvalue weighted by molar-refractivity contribution is -0.106. The van der Waals surface area contributed by atoms with Crippen molar-refractivity contribution in [2.75, 3.05) is 19.7 Å². The predicted octanol–water partition coefficient (Wildman–Crippen LogP) is 2.54. The summed E-state index contributed by atoms with van der Waals surface area (Å²) in [6.45, 7) is 5.66. The van der Waals surface area contributed by atoms with Crippen LogP contribution in [-0.4, -0.2) is 42.3 Å². The van der Waals surface area contributed by atoms with Crippen molar-refractivity contribution in [2.45, 2.75) is 76.0 Å². The first-order valence-corrected chi connectivity index (χ1v) is 8.32. The van der Waals surface area contributed by atoms with Gasteiger partial charge in [-0.05, 0) is 57.9 Å². The van der Waals surface area contributed by atoms with Crippen LogP contribution in [0.3, 0.4) is 0 Å². The van der Waals surface area contributed by atoms with E-state index in [1.165, 1.54) is 64.5 Å². The molecule has 1 aliphatic carbocycles. The van der Waals surface area contributed by atoms with Gasteiger partial charge in [0, 0.05) is 25.2 Å². The van der Waals surface area contributed by atoms with Crippen LogP contribution in [0.4, 0.5) is 0 Å². The molecule has 19 heavy (non-hydrogen) atoms. The summed E-state index contributed by atoms with van der Waals surface area (Å²) in [7, 11) is 0. The first-order valence-electron chi connectivity index (χ1n) is 8.32. The number of likely N-dealkylation sites (tertiary alicyclic amines) is 1. The fraction of sp³-hybridized carbons (Fsp3) is 1.00. The van der Waals surface area contributed by atoms with Crippen LogP contribution in [-0.2, 0) is 4.74 Å². The molecule has 2 saturated heterocycles. The topological polar surface area (TPSA) is 38.5 Å². The molecule has 1 spiro atoms. The predicted molar refractivity (Wildman–Crippen MR) is 78.1 cm³/mol. The molecule has 3 rings (SSSR count). The lowest BCUT2D eigenvalue weighted by Crippen LogP contribution is -2.52. The van der Waals surface area contributed by atoms with E-state index in [0.29, 0.717) is 12.0 Å². The van der Waals surface area contributed by atoms with Crippen molar-refractivity contribution in [3.05, 3.63) is 0 Å². The molecule has 0 aromatic carbocycles.